The number of carbonyl (C=O) groups is 1. The molecule has 2 rings (SSSR count). The van der Waals surface area contributed by atoms with Gasteiger partial charge in [0.25, 0.3) is 0 Å². The minimum absolute atomic E-state index is 0.0000478. The highest BCUT2D eigenvalue weighted by Crippen LogP contribution is 2.36. The van der Waals surface area contributed by atoms with E-state index in [2.05, 4.69) is 84.3 Å². The molecule has 0 N–H and O–H groups in total. The summed E-state index contributed by atoms with van der Waals surface area (Å²) in [5.74, 6) is 0. The maximum absolute atomic E-state index is 13.3. The number of rotatable bonds is 5. The molecular formula is C22H35N3O. The standard InChI is InChI=1S/C22H35N3O/c1-9-18-19(16-23(8)15-17-13-11-10-12-14-17)25(22(5,6)7)20(26)24(18)21(2,3)4/h9-14,18-19H,1,15-16H2,2-8H3/t18-,19-/m0/s1. The summed E-state index contributed by atoms with van der Waals surface area (Å²) >= 11 is 0. The maximum atomic E-state index is 13.3. The number of amides is 2. The van der Waals surface area contributed by atoms with E-state index in [-0.39, 0.29) is 29.2 Å². The molecule has 0 aromatic heterocycles. The van der Waals surface area contributed by atoms with E-state index < -0.39 is 0 Å². The van der Waals surface area contributed by atoms with Gasteiger partial charge in [0.1, 0.15) is 0 Å². The first-order chi connectivity index (χ1) is 12.0. The van der Waals surface area contributed by atoms with E-state index in [1.807, 2.05) is 21.9 Å². The zero-order valence-electron chi connectivity index (χ0n) is 17.5. The van der Waals surface area contributed by atoms with Crippen molar-refractivity contribution in [2.75, 3.05) is 13.6 Å². The summed E-state index contributed by atoms with van der Waals surface area (Å²) in [7, 11) is 2.12. The van der Waals surface area contributed by atoms with Gasteiger partial charge in [-0.2, -0.15) is 0 Å². The van der Waals surface area contributed by atoms with E-state index in [1.54, 1.807) is 0 Å². The van der Waals surface area contributed by atoms with Crippen LogP contribution in [-0.2, 0) is 6.54 Å². The Morgan fingerprint density at radius 2 is 1.58 bits per heavy atom. The number of hydrogen-bond acceptors (Lipinski definition) is 2. The molecule has 144 valence electrons. The third-order valence-corrected chi connectivity index (χ3v) is 4.92. The van der Waals surface area contributed by atoms with E-state index in [4.69, 9.17) is 0 Å². The van der Waals surface area contributed by atoms with Crippen molar-refractivity contribution in [3.8, 4) is 0 Å². The second-order valence-corrected chi connectivity index (χ2v) is 9.34. The normalized spacial score (nSPS) is 21.6. The van der Waals surface area contributed by atoms with Crippen molar-refractivity contribution in [3.05, 3.63) is 48.6 Å². The van der Waals surface area contributed by atoms with Crippen molar-refractivity contribution < 1.29 is 4.79 Å². The monoisotopic (exact) mass is 357 g/mol. The summed E-state index contributed by atoms with van der Waals surface area (Å²) in [5, 5.41) is 0. The van der Waals surface area contributed by atoms with Crippen molar-refractivity contribution in [1.29, 1.82) is 0 Å². The first-order valence-corrected chi connectivity index (χ1v) is 9.44. The van der Waals surface area contributed by atoms with Crippen LogP contribution in [0.3, 0.4) is 0 Å². The van der Waals surface area contributed by atoms with Crippen molar-refractivity contribution in [2.24, 2.45) is 0 Å². The molecule has 1 saturated heterocycles. The molecule has 0 unspecified atom stereocenters. The lowest BCUT2D eigenvalue weighted by Gasteiger charge is -2.38. The van der Waals surface area contributed by atoms with Gasteiger partial charge in [0, 0.05) is 24.2 Å². The Kier molecular flexibility index (Phi) is 5.86. The lowest BCUT2D eigenvalue weighted by Crippen LogP contribution is -2.52. The SMILES string of the molecule is C=C[C@H]1[C@H](CN(C)Cc2ccccc2)N(C(C)(C)C)C(=O)N1C(C)(C)C. The molecule has 0 saturated carbocycles. The maximum Gasteiger partial charge on any atom is 0.321 e. The smallest absolute Gasteiger partial charge is 0.313 e. The molecule has 4 nitrogen and oxygen atoms in total. The second kappa shape index (κ2) is 7.43. The summed E-state index contributed by atoms with van der Waals surface area (Å²) in [4.78, 5) is 19.6. The molecule has 1 aromatic rings. The Morgan fingerprint density at radius 1 is 1.04 bits per heavy atom. The van der Waals surface area contributed by atoms with Crippen LogP contribution in [-0.4, -0.2) is 57.5 Å². The van der Waals surface area contributed by atoms with Gasteiger partial charge in [-0.1, -0.05) is 36.4 Å². The van der Waals surface area contributed by atoms with E-state index in [9.17, 15) is 4.79 Å². The third kappa shape index (κ3) is 4.29. The van der Waals surface area contributed by atoms with Gasteiger partial charge in [0.2, 0.25) is 0 Å². The molecule has 0 aliphatic carbocycles. The second-order valence-electron chi connectivity index (χ2n) is 9.34. The summed E-state index contributed by atoms with van der Waals surface area (Å²) in [5.41, 5.74) is 0.799. The summed E-state index contributed by atoms with van der Waals surface area (Å²) in [6.07, 6.45) is 1.94. The molecule has 1 fully saturated rings. The quantitative estimate of drug-likeness (QED) is 0.731. The Morgan fingerprint density at radius 3 is 2.04 bits per heavy atom. The highest BCUT2D eigenvalue weighted by molar-refractivity contribution is 5.80. The molecule has 2 atom stereocenters. The molecule has 0 radical (unpaired) electrons. The van der Waals surface area contributed by atoms with Gasteiger partial charge >= 0.3 is 6.03 Å². The van der Waals surface area contributed by atoms with Crippen LogP contribution in [0.4, 0.5) is 4.79 Å². The predicted octanol–water partition coefficient (Wildman–Crippen LogP) is 4.38. The molecule has 0 bridgehead atoms. The molecule has 1 heterocycles. The van der Waals surface area contributed by atoms with Crippen molar-refractivity contribution >= 4 is 6.03 Å². The molecule has 1 aromatic carbocycles. The lowest BCUT2D eigenvalue weighted by atomic mass is 9.98. The molecule has 26 heavy (non-hydrogen) atoms. The first-order valence-electron chi connectivity index (χ1n) is 9.44. The topological polar surface area (TPSA) is 26.8 Å². The van der Waals surface area contributed by atoms with Crippen molar-refractivity contribution in [2.45, 2.75) is 71.2 Å². The molecule has 1 aliphatic rings. The van der Waals surface area contributed by atoms with Crippen LogP contribution < -0.4 is 0 Å². The lowest BCUT2D eigenvalue weighted by molar-refractivity contribution is 0.113. The van der Waals surface area contributed by atoms with Crippen LogP contribution >= 0.6 is 0 Å². The molecule has 1 aliphatic heterocycles. The fourth-order valence-corrected chi connectivity index (χ4v) is 3.96. The molecule has 0 spiro atoms. The summed E-state index contributed by atoms with van der Waals surface area (Å²) in [6, 6.07) is 10.6. The van der Waals surface area contributed by atoms with E-state index >= 15 is 0 Å². The van der Waals surface area contributed by atoms with Gasteiger partial charge in [-0.3, -0.25) is 4.90 Å². The average molecular weight is 358 g/mol. The Hall–Kier alpha value is -1.81. The average Bonchev–Trinajstić information content (AvgIpc) is 2.79. The zero-order chi connectivity index (χ0) is 19.7. The van der Waals surface area contributed by atoms with Crippen LogP contribution in [0.25, 0.3) is 0 Å². The van der Waals surface area contributed by atoms with Crippen LogP contribution in [0.5, 0.6) is 0 Å². The van der Waals surface area contributed by atoms with E-state index in [1.165, 1.54) is 5.56 Å². The number of nitrogens with zero attached hydrogens (tertiary/aromatic N) is 3. The third-order valence-electron chi connectivity index (χ3n) is 4.92. The van der Waals surface area contributed by atoms with Crippen molar-refractivity contribution in [3.63, 3.8) is 0 Å². The fraction of sp³-hybridized carbons (Fsp3) is 0.591. The molecule has 4 heteroatoms. The van der Waals surface area contributed by atoms with Gasteiger partial charge in [-0.05, 0) is 54.2 Å². The number of hydrogen-bond donors (Lipinski definition) is 0. The van der Waals surface area contributed by atoms with Gasteiger partial charge in [0.15, 0.2) is 0 Å². The van der Waals surface area contributed by atoms with Crippen LogP contribution in [0, 0.1) is 0 Å². The first kappa shape index (κ1) is 20.5. The van der Waals surface area contributed by atoms with Gasteiger partial charge < -0.3 is 9.80 Å². The minimum Gasteiger partial charge on any atom is -0.313 e. The van der Waals surface area contributed by atoms with E-state index in [0.717, 1.165) is 13.1 Å². The summed E-state index contributed by atoms with van der Waals surface area (Å²) in [6.45, 7) is 18.4. The van der Waals surface area contributed by atoms with E-state index in [0.29, 0.717) is 0 Å². The van der Waals surface area contributed by atoms with Crippen LogP contribution in [0.1, 0.15) is 47.1 Å². The Balaban J connectivity index is 2.29. The van der Waals surface area contributed by atoms with Gasteiger partial charge in [0.05, 0.1) is 12.1 Å². The van der Waals surface area contributed by atoms with Crippen molar-refractivity contribution in [1.82, 2.24) is 14.7 Å². The number of benzene rings is 1. The predicted molar refractivity (Wildman–Crippen MR) is 109 cm³/mol. The van der Waals surface area contributed by atoms with Gasteiger partial charge in [-0.25, -0.2) is 4.79 Å². The highest BCUT2D eigenvalue weighted by atomic mass is 16.2. The largest absolute Gasteiger partial charge is 0.321 e. The Bertz CT molecular complexity index is 627. The minimum atomic E-state index is -0.244. The fourth-order valence-electron chi connectivity index (χ4n) is 3.96. The number of likely N-dealkylation sites (N-methyl/N-ethyl adjacent to an activating group) is 1. The summed E-state index contributed by atoms with van der Waals surface area (Å²) < 4.78 is 0. The highest BCUT2D eigenvalue weighted by Gasteiger charge is 2.51. The number of urea groups is 1. The Labute approximate surface area is 159 Å². The number of carbonyl (C=O) groups excluding carboxylic acids is 1. The van der Waals surface area contributed by atoms with Crippen LogP contribution in [0.2, 0.25) is 0 Å². The van der Waals surface area contributed by atoms with Gasteiger partial charge in [-0.15, -0.1) is 6.58 Å². The molecule has 2 amide bonds. The molecular weight excluding hydrogens is 322 g/mol. The zero-order valence-corrected chi connectivity index (χ0v) is 17.5. The van der Waals surface area contributed by atoms with Crippen LogP contribution in [0.15, 0.2) is 43.0 Å².